The molecule has 2 aromatic rings. The molecule has 16 heavy (non-hydrogen) atoms. The first-order chi connectivity index (χ1) is 7.65. The van der Waals surface area contributed by atoms with Crippen LogP contribution in [0.15, 0.2) is 30.5 Å². The minimum atomic E-state index is -0.213. The highest BCUT2D eigenvalue weighted by atomic mass is 19.1. The number of hydrogen-bond acceptors (Lipinski definition) is 2. The van der Waals surface area contributed by atoms with Crippen molar-refractivity contribution in [3.63, 3.8) is 0 Å². The standard InChI is InChI=1S/C12H14FN3/c1-9-8-16(2)12(15-9)14-7-10-4-3-5-11(13)6-10/h3-6,8H,7H2,1-2H3,(H,14,15). The molecule has 0 spiro atoms. The zero-order valence-corrected chi connectivity index (χ0v) is 9.37. The Balaban J connectivity index is 2.05. The van der Waals surface area contributed by atoms with Gasteiger partial charge in [0.15, 0.2) is 0 Å². The molecule has 4 heteroatoms. The predicted octanol–water partition coefficient (Wildman–Crippen LogP) is 2.48. The Kier molecular flexibility index (Phi) is 2.90. The van der Waals surface area contributed by atoms with Crippen LogP contribution in [0.5, 0.6) is 0 Å². The van der Waals surface area contributed by atoms with Gasteiger partial charge in [-0.15, -0.1) is 0 Å². The molecule has 3 nitrogen and oxygen atoms in total. The Morgan fingerprint density at radius 3 is 2.88 bits per heavy atom. The average Bonchev–Trinajstić information content (AvgIpc) is 2.54. The van der Waals surface area contributed by atoms with Crippen LogP contribution in [0.1, 0.15) is 11.3 Å². The fourth-order valence-electron chi connectivity index (χ4n) is 1.61. The summed E-state index contributed by atoms with van der Waals surface area (Å²) < 4.78 is 14.8. The van der Waals surface area contributed by atoms with Crippen molar-refractivity contribution in [1.82, 2.24) is 9.55 Å². The Morgan fingerprint density at radius 1 is 1.44 bits per heavy atom. The summed E-state index contributed by atoms with van der Waals surface area (Å²) in [6.45, 7) is 2.51. The van der Waals surface area contributed by atoms with Crippen LogP contribution in [0, 0.1) is 12.7 Å². The highest BCUT2D eigenvalue weighted by Gasteiger charge is 2.01. The number of nitrogens with zero attached hydrogens (tertiary/aromatic N) is 2. The number of imidazole rings is 1. The van der Waals surface area contributed by atoms with Crippen molar-refractivity contribution >= 4 is 5.95 Å². The van der Waals surface area contributed by atoms with Crippen LogP contribution < -0.4 is 5.32 Å². The van der Waals surface area contributed by atoms with Crippen LogP contribution in [0.3, 0.4) is 0 Å². The summed E-state index contributed by atoms with van der Waals surface area (Å²) in [5.41, 5.74) is 1.87. The fourth-order valence-corrected chi connectivity index (χ4v) is 1.61. The van der Waals surface area contributed by atoms with Crippen molar-refractivity contribution in [2.75, 3.05) is 5.32 Å². The number of hydrogen-bond donors (Lipinski definition) is 1. The molecule has 1 N–H and O–H groups in total. The zero-order valence-electron chi connectivity index (χ0n) is 9.37. The third-order valence-electron chi connectivity index (χ3n) is 2.34. The van der Waals surface area contributed by atoms with Crippen LogP contribution >= 0.6 is 0 Å². The minimum Gasteiger partial charge on any atom is -0.352 e. The molecule has 0 fully saturated rings. The van der Waals surface area contributed by atoms with E-state index in [-0.39, 0.29) is 5.82 Å². The van der Waals surface area contributed by atoms with Gasteiger partial charge in [0.1, 0.15) is 5.82 Å². The largest absolute Gasteiger partial charge is 0.352 e. The smallest absolute Gasteiger partial charge is 0.203 e. The molecular weight excluding hydrogens is 205 g/mol. The lowest BCUT2D eigenvalue weighted by atomic mass is 10.2. The highest BCUT2D eigenvalue weighted by Crippen LogP contribution is 2.09. The summed E-state index contributed by atoms with van der Waals surface area (Å²) in [6, 6.07) is 6.54. The maximum Gasteiger partial charge on any atom is 0.203 e. The Hall–Kier alpha value is -1.84. The van der Waals surface area contributed by atoms with Gasteiger partial charge in [-0.1, -0.05) is 12.1 Å². The fraction of sp³-hybridized carbons (Fsp3) is 0.250. The molecule has 0 aliphatic rings. The molecule has 1 heterocycles. The molecule has 0 aliphatic carbocycles. The second-order valence-electron chi connectivity index (χ2n) is 3.80. The van der Waals surface area contributed by atoms with Gasteiger partial charge in [0.2, 0.25) is 5.95 Å². The number of benzene rings is 1. The van der Waals surface area contributed by atoms with E-state index < -0.39 is 0 Å². The summed E-state index contributed by atoms with van der Waals surface area (Å²) in [7, 11) is 1.92. The second-order valence-corrected chi connectivity index (χ2v) is 3.80. The van der Waals surface area contributed by atoms with Crippen LogP contribution in [0.25, 0.3) is 0 Å². The first-order valence-corrected chi connectivity index (χ1v) is 5.13. The van der Waals surface area contributed by atoms with Crippen molar-refractivity contribution in [3.05, 3.63) is 47.5 Å². The molecule has 2 rings (SSSR count). The lowest BCUT2D eigenvalue weighted by molar-refractivity contribution is 0.626. The van der Waals surface area contributed by atoms with E-state index in [1.807, 2.05) is 30.8 Å². The molecule has 0 bridgehead atoms. The normalized spacial score (nSPS) is 10.4. The van der Waals surface area contributed by atoms with E-state index >= 15 is 0 Å². The maximum absolute atomic E-state index is 12.9. The zero-order chi connectivity index (χ0) is 11.5. The monoisotopic (exact) mass is 219 g/mol. The number of anilines is 1. The summed E-state index contributed by atoms with van der Waals surface area (Å²) in [5.74, 6) is 0.581. The van der Waals surface area contributed by atoms with Gasteiger partial charge >= 0.3 is 0 Å². The van der Waals surface area contributed by atoms with Gasteiger partial charge in [-0.25, -0.2) is 9.37 Å². The summed E-state index contributed by atoms with van der Waals surface area (Å²) in [5, 5.41) is 3.16. The summed E-state index contributed by atoms with van der Waals surface area (Å²) in [6.07, 6.45) is 1.94. The Morgan fingerprint density at radius 2 is 2.25 bits per heavy atom. The van der Waals surface area contributed by atoms with Gasteiger partial charge in [-0.2, -0.15) is 0 Å². The van der Waals surface area contributed by atoms with E-state index in [2.05, 4.69) is 10.3 Å². The van der Waals surface area contributed by atoms with Crippen LogP contribution in [-0.2, 0) is 13.6 Å². The topological polar surface area (TPSA) is 29.9 Å². The number of halogens is 1. The molecule has 0 saturated heterocycles. The second kappa shape index (κ2) is 4.35. The van der Waals surface area contributed by atoms with Crippen molar-refractivity contribution in [2.24, 2.45) is 7.05 Å². The van der Waals surface area contributed by atoms with Gasteiger partial charge in [-0.3, -0.25) is 0 Å². The van der Waals surface area contributed by atoms with Crippen LogP contribution in [-0.4, -0.2) is 9.55 Å². The number of aromatic nitrogens is 2. The van der Waals surface area contributed by atoms with E-state index in [9.17, 15) is 4.39 Å². The average molecular weight is 219 g/mol. The molecule has 0 unspecified atom stereocenters. The first-order valence-electron chi connectivity index (χ1n) is 5.13. The first kappa shape index (κ1) is 10.7. The predicted molar refractivity (Wildman–Crippen MR) is 61.7 cm³/mol. The van der Waals surface area contributed by atoms with Gasteiger partial charge in [-0.05, 0) is 24.6 Å². The number of rotatable bonds is 3. The van der Waals surface area contributed by atoms with E-state index in [4.69, 9.17) is 0 Å². The van der Waals surface area contributed by atoms with Crippen LogP contribution in [0.2, 0.25) is 0 Å². The third-order valence-corrected chi connectivity index (χ3v) is 2.34. The molecular formula is C12H14FN3. The van der Waals surface area contributed by atoms with Gasteiger partial charge in [0, 0.05) is 19.8 Å². The molecule has 0 aliphatic heterocycles. The van der Waals surface area contributed by atoms with Crippen molar-refractivity contribution in [2.45, 2.75) is 13.5 Å². The quantitative estimate of drug-likeness (QED) is 0.859. The lowest BCUT2D eigenvalue weighted by Gasteiger charge is -2.05. The van der Waals surface area contributed by atoms with E-state index in [0.29, 0.717) is 6.54 Å². The van der Waals surface area contributed by atoms with Gasteiger partial charge in [0.05, 0.1) is 5.69 Å². The molecule has 0 amide bonds. The number of aryl methyl sites for hydroxylation is 2. The van der Waals surface area contributed by atoms with Gasteiger partial charge in [0.25, 0.3) is 0 Å². The molecule has 0 radical (unpaired) electrons. The van der Waals surface area contributed by atoms with Crippen molar-refractivity contribution in [1.29, 1.82) is 0 Å². The Labute approximate surface area is 93.9 Å². The molecule has 1 aromatic carbocycles. The highest BCUT2D eigenvalue weighted by molar-refractivity contribution is 5.30. The van der Waals surface area contributed by atoms with E-state index in [1.54, 1.807) is 6.07 Å². The molecule has 0 saturated carbocycles. The van der Waals surface area contributed by atoms with E-state index in [1.165, 1.54) is 12.1 Å². The van der Waals surface area contributed by atoms with Crippen molar-refractivity contribution < 1.29 is 4.39 Å². The summed E-state index contributed by atoms with van der Waals surface area (Å²) in [4.78, 5) is 4.31. The third kappa shape index (κ3) is 2.39. The van der Waals surface area contributed by atoms with Crippen molar-refractivity contribution in [3.8, 4) is 0 Å². The molecule has 84 valence electrons. The minimum absolute atomic E-state index is 0.213. The van der Waals surface area contributed by atoms with Gasteiger partial charge < -0.3 is 9.88 Å². The molecule has 0 atom stereocenters. The Bertz CT molecular complexity index is 491. The summed E-state index contributed by atoms with van der Waals surface area (Å²) >= 11 is 0. The maximum atomic E-state index is 12.9. The molecule has 1 aromatic heterocycles. The SMILES string of the molecule is Cc1cn(C)c(NCc2cccc(F)c2)n1. The lowest BCUT2D eigenvalue weighted by Crippen LogP contribution is -2.04. The number of nitrogens with one attached hydrogen (secondary N) is 1. The van der Waals surface area contributed by atoms with Crippen LogP contribution in [0.4, 0.5) is 10.3 Å². The van der Waals surface area contributed by atoms with E-state index in [0.717, 1.165) is 17.2 Å².